The topological polar surface area (TPSA) is 102 Å². The molecule has 0 unspecified atom stereocenters. The van der Waals surface area contributed by atoms with E-state index in [1.807, 2.05) is 30.3 Å². The van der Waals surface area contributed by atoms with Crippen LogP contribution in [-0.4, -0.2) is 37.4 Å². The van der Waals surface area contributed by atoms with Crippen LogP contribution in [0, 0.1) is 13.8 Å². The van der Waals surface area contributed by atoms with Crippen LogP contribution in [0.4, 0.5) is 5.69 Å². The Hall–Kier alpha value is -3.17. The van der Waals surface area contributed by atoms with Gasteiger partial charge < -0.3 is 14.6 Å². The molecule has 0 saturated heterocycles. The third-order valence-corrected chi connectivity index (χ3v) is 6.17. The van der Waals surface area contributed by atoms with E-state index < -0.39 is 15.9 Å². The summed E-state index contributed by atoms with van der Waals surface area (Å²) in [5, 5.41) is 6.33. The molecule has 1 N–H and O–H groups in total. The van der Waals surface area contributed by atoms with Gasteiger partial charge in [-0.3, -0.25) is 4.79 Å². The summed E-state index contributed by atoms with van der Waals surface area (Å²) in [6, 6.07) is 16.1. The molecule has 0 spiro atoms. The molecule has 0 atom stereocenters. The van der Waals surface area contributed by atoms with Gasteiger partial charge in [0, 0.05) is 12.7 Å². The van der Waals surface area contributed by atoms with Gasteiger partial charge in [0.15, 0.2) is 5.76 Å². The van der Waals surface area contributed by atoms with E-state index in [-0.39, 0.29) is 22.9 Å². The van der Waals surface area contributed by atoms with Gasteiger partial charge in [0.2, 0.25) is 15.9 Å². The molecule has 9 heteroatoms. The number of sulfonamides is 1. The monoisotopic (exact) mass is 415 g/mol. The van der Waals surface area contributed by atoms with Gasteiger partial charge in [0.1, 0.15) is 22.1 Å². The summed E-state index contributed by atoms with van der Waals surface area (Å²) in [7, 11) is -2.56. The first kappa shape index (κ1) is 20.6. The lowest BCUT2D eigenvalue weighted by Crippen LogP contribution is -2.35. The van der Waals surface area contributed by atoms with Gasteiger partial charge >= 0.3 is 0 Å². The lowest BCUT2D eigenvalue weighted by atomic mass is 10.3. The Bertz CT molecular complexity index is 1070. The maximum absolute atomic E-state index is 12.7. The summed E-state index contributed by atoms with van der Waals surface area (Å²) < 4.78 is 36.9. The van der Waals surface area contributed by atoms with E-state index in [0.717, 1.165) is 4.31 Å². The number of nitrogens with one attached hydrogen (secondary N) is 1. The molecule has 0 aliphatic heterocycles. The minimum absolute atomic E-state index is 0.0183. The van der Waals surface area contributed by atoms with E-state index in [1.165, 1.54) is 20.9 Å². The molecule has 0 aliphatic carbocycles. The smallest absolute Gasteiger partial charge is 0.248 e. The zero-order chi connectivity index (χ0) is 21.0. The molecule has 0 radical (unpaired) electrons. The summed E-state index contributed by atoms with van der Waals surface area (Å²) in [6.07, 6.45) is 0. The summed E-state index contributed by atoms with van der Waals surface area (Å²) in [5.74, 6) is 1.03. The maximum Gasteiger partial charge on any atom is 0.248 e. The number of amides is 1. The number of ether oxygens (including phenoxy) is 1. The first-order valence-electron chi connectivity index (χ1n) is 8.79. The van der Waals surface area contributed by atoms with Gasteiger partial charge in [-0.1, -0.05) is 23.4 Å². The van der Waals surface area contributed by atoms with Crippen LogP contribution in [0.2, 0.25) is 0 Å². The minimum Gasteiger partial charge on any atom is -0.457 e. The Morgan fingerprint density at radius 3 is 2.28 bits per heavy atom. The maximum atomic E-state index is 12.7. The van der Waals surface area contributed by atoms with Crippen molar-refractivity contribution >= 4 is 21.6 Å². The fourth-order valence-electron chi connectivity index (χ4n) is 2.72. The van der Waals surface area contributed by atoms with Crippen molar-refractivity contribution < 1.29 is 22.5 Å². The van der Waals surface area contributed by atoms with Crippen molar-refractivity contribution in [3.8, 4) is 11.5 Å². The molecule has 3 aromatic rings. The number of likely N-dealkylation sites (N-methyl/N-ethyl adjacent to an activating group) is 1. The molecule has 2 aromatic carbocycles. The van der Waals surface area contributed by atoms with Gasteiger partial charge in [-0.2, -0.15) is 4.31 Å². The summed E-state index contributed by atoms with van der Waals surface area (Å²) in [5.41, 5.74) is 0.780. The Balaban J connectivity index is 1.61. The van der Waals surface area contributed by atoms with Crippen molar-refractivity contribution in [2.45, 2.75) is 18.7 Å². The highest BCUT2D eigenvalue weighted by Gasteiger charge is 2.29. The van der Waals surface area contributed by atoms with Crippen molar-refractivity contribution in [3.05, 3.63) is 66.1 Å². The molecule has 1 aromatic heterocycles. The molecular formula is C20H21N3O5S. The standard InChI is InChI=1S/C20H21N3O5S/c1-14-20(15(2)28-22-14)29(25,26)23(3)13-19(24)21-16-9-11-18(12-10-16)27-17-7-5-4-6-8-17/h4-12H,13H2,1-3H3,(H,21,24). The van der Waals surface area contributed by atoms with Crippen LogP contribution in [0.5, 0.6) is 11.5 Å². The average Bonchev–Trinajstić information content (AvgIpc) is 3.03. The molecule has 0 bridgehead atoms. The van der Waals surface area contributed by atoms with Crippen molar-refractivity contribution in [3.63, 3.8) is 0 Å². The number of nitrogens with zero attached hydrogens (tertiary/aromatic N) is 2. The number of benzene rings is 2. The van der Waals surface area contributed by atoms with Crippen LogP contribution in [0.25, 0.3) is 0 Å². The molecule has 152 valence electrons. The summed E-state index contributed by atoms with van der Waals surface area (Å²) >= 11 is 0. The second-order valence-corrected chi connectivity index (χ2v) is 8.38. The zero-order valence-electron chi connectivity index (χ0n) is 16.2. The average molecular weight is 415 g/mol. The lowest BCUT2D eigenvalue weighted by Gasteiger charge is -2.16. The highest BCUT2D eigenvalue weighted by molar-refractivity contribution is 7.89. The second kappa shape index (κ2) is 8.46. The quantitative estimate of drug-likeness (QED) is 0.635. The van der Waals surface area contributed by atoms with Crippen LogP contribution in [-0.2, 0) is 14.8 Å². The first-order chi connectivity index (χ1) is 13.8. The number of para-hydroxylation sites is 1. The van der Waals surface area contributed by atoms with E-state index in [1.54, 1.807) is 24.3 Å². The Labute approximate surface area is 169 Å². The second-order valence-electron chi connectivity index (χ2n) is 6.40. The number of aromatic nitrogens is 1. The predicted octanol–water partition coefficient (Wildman–Crippen LogP) is 3.34. The molecule has 0 saturated carbocycles. The number of rotatable bonds is 7. The molecule has 8 nitrogen and oxygen atoms in total. The van der Waals surface area contributed by atoms with Crippen LogP contribution in [0.3, 0.4) is 0 Å². The van der Waals surface area contributed by atoms with Gasteiger partial charge in [0.25, 0.3) is 0 Å². The van der Waals surface area contributed by atoms with Gasteiger partial charge in [-0.25, -0.2) is 8.42 Å². The van der Waals surface area contributed by atoms with Crippen molar-refractivity contribution in [1.82, 2.24) is 9.46 Å². The van der Waals surface area contributed by atoms with Crippen LogP contribution >= 0.6 is 0 Å². The molecule has 3 rings (SSSR count). The molecular weight excluding hydrogens is 394 g/mol. The highest BCUT2D eigenvalue weighted by Crippen LogP contribution is 2.24. The molecule has 1 amide bonds. The van der Waals surface area contributed by atoms with Crippen molar-refractivity contribution in [1.29, 1.82) is 0 Å². The number of carbonyl (C=O) groups is 1. The summed E-state index contributed by atoms with van der Waals surface area (Å²) in [6.45, 7) is 2.70. The number of carbonyl (C=O) groups excluding carboxylic acids is 1. The normalized spacial score (nSPS) is 11.4. The predicted molar refractivity (Wildman–Crippen MR) is 107 cm³/mol. The highest BCUT2D eigenvalue weighted by atomic mass is 32.2. The lowest BCUT2D eigenvalue weighted by molar-refractivity contribution is -0.116. The molecule has 0 fully saturated rings. The van der Waals surface area contributed by atoms with E-state index >= 15 is 0 Å². The minimum atomic E-state index is -3.89. The SMILES string of the molecule is Cc1noc(C)c1S(=O)(=O)N(C)CC(=O)Nc1ccc(Oc2ccccc2)cc1. The Morgan fingerprint density at radius 2 is 1.69 bits per heavy atom. The fraction of sp³-hybridized carbons (Fsp3) is 0.200. The number of anilines is 1. The Morgan fingerprint density at radius 1 is 1.07 bits per heavy atom. The van der Waals surface area contributed by atoms with Gasteiger partial charge in [-0.05, 0) is 50.2 Å². The van der Waals surface area contributed by atoms with Crippen molar-refractivity contribution in [2.24, 2.45) is 0 Å². The number of hydrogen-bond donors (Lipinski definition) is 1. The molecule has 0 aliphatic rings. The van der Waals surface area contributed by atoms with Crippen LogP contribution in [0.15, 0.2) is 64.0 Å². The fourth-order valence-corrected chi connectivity index (χ4v) is 4.13. The van der Waals surface area contributed by atoms with Crippen molar-refractivity contribution in [2.75, 3.05) is 18.9 Å². The zero-order valence-corrected chi connectivity index (χ0v) is 17.1. The number of aryl methyl sites for hydroxylation is 2. The largest absolute Gasteiger partial charge is 0.457 e. The first-order valence-corrected chi connectivity index (χ1v) is 10.2. The van der Waals surface area contributed by atoms with E-state index in [9.17, 15) is 13.2 Å². The van der Waals surface area contributed by atoms with E-state index in [4.69, 9.17) is 9.26 Å². The van der Waals surface area contributed by atoms with E-state index in [0.29, 0.717) is 17.2 Å². The number of hydrogen-bond acceptors (Lipinski definition) is 6. The van der Waals surface area contributed by atoms with E-state index in [2.05, 4.69) is 10.5 Å². The van der Waals surface area contributed by atoms with Crippen LogP contribution in [0.1, 0.15) is 11.5 Å². The van der Waals surface area contributed by atoms with Crippen LogP contribution < -0.4 is 10.1 Å². The van der Waals surface area contributed by atoms with Gasteiger partial charge in [0.05, 0.1) is 6.54 Å². The molecule has 29 heavy (non-hydrogen) atoms. The summed E-state index contributed by atoms with van der Waals surface area (Å²) in [4.78, 5) is 12.3. The van der Waals surface area contributed by atoms with Gasteiger partial charge in [-0.15, -0.1) is 0 Å². The molecule has 1 heterocycles. The third kappa shape index (κ3) is 4.82. The Kier molecular flexibility index (Phi) is 6.00. The third-order valence-electron chi connectivity index (χ3n) is 4.12.